The second kappa shape index (κ2) is 8.39. The fraction of sp³-hybridized carbons (Fsp3) is 0.238. The summed E-state index contributed by atoms with van der Waals surface area (Å²) in [6.07, 6.45) is 2.67. The second-order valence-corrected chi connectivity index (χ2v) is 8.57. The Hall–Kier alpha value is -3.01. The normalized spacial score (nSPS) is 16.3. The van der Waals surface area contributed by atoms with Crippen molar-refractivity contribution in [2.75, 3.05) is 17.9 Å². The number of fused-ring (bicyclic) bond motifs is 2. The molecule has 1 aliphatic heterocycles. The van der Waals surface area contributed by atoms with Crippen LogP contribution in [0.4, 0.5) is 5.69 Å². The number of nitrogens with zero attached hydrogens (tertiary/aromatic N) is 3. The summed E-state index contributed by atoms with van der Waals surface area (Å²) in [6.45, 7) is 2.37. The highest BCUT2D eigenvalue weighted by molar-refractivity contribution is 7.88. The molecule has 3 aromatic rings. The van der Waals surface area contributed by atoms with E-state index >= 15 is 0 Å². The molecule has 2 heterocycles. The SMILES string of the molecule is CCCOC1N=C(Oc2ccc3cccnc3c2)c2ccccc2N1NS(C)(=O)=O. The first-order chi connectivity index (χ1) is 14.4. The van der Waals surface area contributed by atoms with E-state index in [0.29, 0.717) is 29.5 Å². The van der Waals surface area contributed by atoms with Crippen molar-refractivity contribution in [1.29, 1.82) is 0 Å². The Bertz CT molecular complexity index is 1200. The topological polar surface area (TPSA) is 93.1 Å². The molecule has 0 saturated heterocycles. The number of anilines is 1. The first-order valence-electron chi connectivity index (χ1n) is 9.53. The molecule has 0 spiro atoms. The molecule has 156 valence electrons. The number of pyridine rings is 1. The molecule has 0 bridgehead atoms. The van der Waals surface area contributed by atoms with Crippen LogP contribution in [0.15, 0.2) is 65.8 Å². The predicted molar refractivity (Wildman–Crippen MR) is 116 cm³/mol. The molecule has 1 N–H and O–H groups in total. The van der Waals surface area contributed by atoms with Crippen LogP contribution >= 0.6 is 0 Å². The average Bonchev–Trinajstić information content (AvgIpc) is 2.73. The molecule has 1 unspecified atom stereocenters. The number of para-hydroxylation sites is 1. The minimum Gasteiger partial charge on any atom is -0.438 e. The first kappa shape index (κ1) is 20.3. The average molecular weight is 426 g/mol. The largest absolute Gasteiger partial charge is 0.438 e. The zero-order valence-corrected chi connectivity index (χ0v) is 17.5. The Morgan fingerprint density at radius 1 is 1.13 bits per heavy atom. The van der Waals surface area contributed by atoms with Gasteiger partial charge in [0.05, 0.1) is 29.6 Å². The summed E-state index contributed by atoms with van der Waals surface area (Å²) in [5, 5.41) is 2.40. The molecule has 8 nitrogen and oxygen atoms in total. The van der Waals surface area contributed by atoms with Crippen molar-refractivity contribution in [3.05, 3.63) is 66.4 Å². The summed E-state index contributed by atoms with van der Waals surface area (Å²) in [6, 6.07) is 16.7. The lowest BCUT2D eigenvalue weighted by Gasteiger charge is -2.35. The van der Waals surface area contributed by atoms with E-state index in [-0.39, 0.29) is 0 Å². The van der Waals surface area contributed by atoms with Crippen LogP contribution in [0.3, 0.4) is 0 Å². The molecule has 4 rings (SSSR count). The van der Waals surface area contributed by atoms with E-state index in [4.69, 9.17) is 9.47 Å². The van der Waals surface area contributed by atoms with E-state index < -0.39 is 16.4 Å². The Morgan fingerprint density at radius 3 is 2.77 bits per heavy atom. The highest BCUT2D eigenvalue weighted by Gasteiger charge is 2.31. The lowest BCUT2D eigenvalue weighted by atomic mass is 10.1. The lowest BCUT2D eigenvalue weighted by molar-refractivity contribution is 0.0520. The van der Waals surface area contributed by atoms with E-state index in [1.807, 2.05) is 55.5 Å². The third kappa shape index (κ3) is 4.43. The molecule has 0 aliphatic carbocycles. The van der Waals surface area contributed by atoms with Gasteiger partial charge in [0.1, 0.15) is 5.75 Å². The lowest BCUT2D eigenvalue weighted by Crippen LogP contribution is -2.52. The Balaban J connectivity index is 1.73. The molecule has 0 radical (unpaired) electrons. The number of aliphatic imine (C=N–C) groups is 1. The summed E-state index contributed by atoms with van der Waals surface area (Å²) in [5.74, 6) is 0.919. The van der Waals surface area contributed by atoms with Gasteiger partial charge in [-0.1, -0.05) is 25.1 Å². The second-order valence-electron chi connectivity index (χ2n) is 6.84. The number of aromatic nitrogens is 1. The van der Waals surface area contributed by atoms with Crippen molar-refractivity contribution in [1.82, 2.24) is 9.82 Å². The molecule has 9 heteroatoms. The number of hydrogen-bond donors (Lipinski definition) is 1. The van der Waals surface area contributed by atoms with E-state index in [1.54, 1.807) is 12.3 Å². The molecule has 2 aromatic carbocycles. The van der Waals surface area contributed by atoms with Crippen molar-refractivity contribution in [2.24, 2.45) is 4.99 Å². The molecule has 0 fully saturated rings. The van der Waals surface area contributed by atoms with Crippen LogP contribution in [0, 0.1) is 0 Å². The number of nitrogens with one attached hydrogen (secondary N) is 1. The van der Waals surface area contributed by atoms with Gasteiger partial charge in [-0.3, -0.25) is 4.98 Å². The van der Waals surface area contributed by atoms with Crippen molar-refractivity contribution in [3.8, 4) is 5.75 Å². The van der Waals surface area contributed by atoms with Crippen LogP contribution in [0.2, 0.25) is 0 Å². The highest BCUT2D eigenvalue weighted by Crippen LogP contribution is 2.30. The molecule has 1 atom stereocenters. The maximum absolute atomic E-state index is 11.9. The van der Waals surface area contributed by atoms with E-state index in [0.717, 1.165) is 23.6 Å². The molecule has 0 amide bonds. The van der Waals surface area contributed by atoms with Crippen LogP contribution < -0.4 is 14.6 Å². The summed E-state index contributed by atoms with van der Waals surface area (Å²) >= 11 is 0. The van der Waals surface area contributed by atoms with E-state index in [1.165, 1.54) is 5.01 Å². The van der Waals surface area contributed by atoms with Gasteiger partial charge in [-0.15, -0.1) is 4.83 Å². The van der Waals surface area contributed by atoms with Crippen LogP contribution in [-0.4, -0.2) is 38.5 Å². The van der Waals surface area contributed by atoms with E-state index in [9.17, 15) is 8.42 Å². The summed E-state index contributed by atoms with van der Waals surface area (Å²) < 4.78 is 35.8. The van der Waals surface area contributed by atoms with E-state index in [2.05, 4.69) is 14.8 Å². The number of sulfonamides is 1. The maximum Gasteiger partial charge on any atom is 0.246 e. The van der Waals surface area contributed by atoms with Gasteiger partial charge >= 0.3 is 0 Å². The molecular formula is C21H22N4O4S. The Morgan fingerprint density at radius 2 is 1.97 bits per heavy atom. The van der Waals surface area contributed by atoms with Gasteiger partial charge < -0.3 is 9.47 Å². The monoisotopic (exact) mass is 426 g/mol. The summed E-state index contributed by atoms with van der Waals surface area (Å²) in [5.41, 5.74) is 2.04. The Labute approximate surface area is 175 Å². The maximum atomic E-state index is 11.9. The third-order valence-corrected chi connectivity index (χ3v) is 4.90. The van der Waals surface area contributed by atoms with Crippen molar-refractivity contribution in [2.45, 2.75) is 19.7 Å². The van der Waals surface area contributed by atoms with Crippen LogP contribution in [0.25, 0.3) is 10.9 Å². The molecular weight excluding hydrogens is 404 g/mol. The molecule has 1 aliphatic rings. The quantitative estimate of drug-likeness (QED) is 0.651. The van der Waals surface area contributed by atoms with Gasteiger partial charge in [-0.25, -0.2) is 13.4 Å². The number of hydrogen-bond acceptors (Lipinski definition) is 7. The van der Waals surface area contributed by atoms with Gasteiger partial charge in [-0.05, 0) is 36.8 Å². The third-order valence-electron chi connectivity index (χ3n) is 4.37. The van der Waals surface area contributed by atoms with Crippen LogP contribution in [0.1, 0.15) is 18.9 Å². The fourth-order valence-electron chi connectivity index (χ4n) is 3.12. The number of ether oxygens (including phenoxy) is 2. The molecule has 1 aromatic heterocycles. The minimum atomic E-state index is -3.55. The number of rotatable bonds is 6. The van der Waals surface area contributed by atoms with Crippen molar-refractivity contribution in [3.63, 3.8) is 0 Å². The molecule has 30 heavy (non-hydrogen) atoms. The zero-order valence-electron chi connectivity index (χ0n) is 16.6. The Kier molecular flexibility index (Phi) is 5.67. The van der Waals surface area contributed by atoms with Gasteiger partial charge in [0.15, 0.2) is 0 Å². The summed E-state index contributed by atoms with van der Waals surface area (Å²) in [7, 11) is -3.55. The molecule has 0 saturated carbocycles. The predicted octanol–water partition coefficient (Wildman–Crippen LogP) is 3.05. The number of benzene rings is 2. The smallest absolute Gasteiger partial charge is 0.246 e. The van der Waals surface area contributed by atoms with Crippen LogP contribution in [0.5, 0.6) is 5.75 Å². The fourth-order valence-corrected chi connectivity index (χ4v) is 3.67. The minimum absolute atomic E-state index is 0.341. The van der Waals surface area contributed by atoms with Crippen LogP contribution in [-0.2, 0) is 14.8 Å². The summed E-state index contributed by atoms with van der Waals surface area (Å²) in [4.78, 5) is 11.4. The number of hydrazine groups is 1. The first-order valence-corrected chi connectivity index (χ1v) is 11.4. The van der Waals surface area contributed by atoms with Gasteiger partial charge in [0, 0.05) is 17.6 Å². The van der Waals surface area contributed by atoms with Gasteiger partial charge in [0.2, 0.25) is 22.3 Å². The highest BCUT2D eigenvalue weighted by atomic mass is 32.2. The van der Waals surface area contributed by atoms with Gasteiger partial charge in [-0.2, -0.15) is 4.99 Å². The van der Waals surface area contributed by atoms with Crippen molar-refractivity contribution >= 4 is 32.5 Å². The van der Waals surface area contributed by atoms with Crippen molar-refractivity contribution < 1.29 is 17.9 Å². The van der Waals surface area contributed by atoms with Gasteiger partial charge in [0.25, 0.3) is 0 Å². The zero-order chi connectivity index (χ0) is 21.1. The standard InChI is InChI=1S/C21H22N4O4S/c1-3-13-28-21-23-20(29-16-11-10-15-7-6-12-22-18(15)14-16)17-8-4-5-9-19(17)25(21)24-30(2,26)27/h4-12,14,21,24H,3,13H2,1-2H3.